The van der Waals surface area contributed by atoms with E-state index in [2.05, 4.69) is 0 Å². The lowest BCUT2D eigenvalue weighted by Gasteiger charge is -2.27. The van der Waals surface area contributed by atoms with Gasteiger partial charge >= 0.3 is 0 Å². The molecule has 8 heteroatoms. The fourth-order valence-corrected chi connectivity index (χ4v) is 6.61. The Hall–Kier alpha value is -1.83. The van der Waals surface area contributed by atoms with E-state index in [0.29, 0.717) is 22.1 Å². The number of carbonyl (C=O) groups is 1. The average Bonchev–Trinajstić information content (AvgIpc) is 3.30. The molecule has 0 unspecified atom stereocenters. The van der Waals surface area contributed by atoms with Crippen molar-refractivity contribution >= 4 is 48.8 Å². The van der Waals surface area contributed by atoms with Gasteiger partial charge in [-0.1, -0.05) is 29.8 Å². The van der Waals surface area contributed by atoms with Crippen LogP contribution in [-0.4, -0.2) is 36.8 Å². The monoisotopic (exact) mass is 423 g/mol. The first-order valence-corrected chi connectivity index (χ1v) is 11.6. The highest BCUT2D eigenvalue weighted by Gasteiger charge is 2.36. The van der Waals surface area contributed by atoms with E-state index in [9.17, 15) is 13.2 Å². The third kappa shape index (κ3) is 3.63. The molecular weight excluding hydrogens is 406 g/mol. The second-order valence-electron chi connectivity index (χ2n) is 6.74. The van der Waals surface area contributed by atoms with Crippen LogP contribution in [-0.2, 0) is 16.4 Å². The van der Waals surface area contributed by atoms with E-state index in [0.717, 1.165) is 15.8 Å². The number of sulfone groups is 1. The highest BCUT2D eigenvalue weighted by molar-refractivity contribution is 7.91. The molecule has 0 saturated carbocycles. The molecule has 2 aromatic heterocycles. The second-order valence-corrected chi connectivity index (χ2v) is 10.4. The lowest BCUT2D eigenvalue weighted by atomic mass is 10.2. The number of aryl methyl sites for hydroxylation is 1. The first-order valence-electron chi connectivity index (χ1n) is 8.58. The van der Waals surface area contributed by atoms with Crippen LogP contribution in [0.25, 0.3) is 10.1 Å². The molecule has 1 aliphatic heterocycles. The van der Waals surface area contributed by atoms with Crippen LogP contribution in [0, 0.1) is 6.92 Å². The summed E-state index contributed by atoms with van der Waals surface area (Å²) in [5.41, 5.74) is 0. The van der Waals surface area contributed by atoms with Crippen molar-refractivity contribution in [3.8, 4) is 0 Å². The maximum absolute atomic E-state index is 13.4. The fourth-order valence-electron chi connectivity index (χ4n) is 3.41. The van der Waals surface area contributed by atoms with Gasteiger partial charge in [-0.05, 0) is 31.5 Å². The summed E-state index contributed by atoms with van der Waals surface area (Å²) < 4.78 is 30.5. The molecule has 0 aliphatic carbocycles. The van der Waals surface area contributed by atoms with Gasteiger partial charge in [-0.2, -0.15) is 0 Å². The number of thiophene rings is 1. The van der Waals surface area contributed by atoms with Gasteiger partial charge in [-0.25, -0.2) is 8.42 Å². The Morgan fingerprint density at radius 2 is 2.07 bits per heavy atom. The molecular formula is C19H18ClNO4S2. The minimum absolute atomic E-state index is 0.0268. The zero-order chi connectivity index (χ0) is 19.2. The molecule has 0 spiro atoms. The lowest BCUT2D eigenvalue weighted by Crippen LogP contribution is -2.40. The average molecular weight is 424 g/mol. The largest absolute Gasteiger partial charge is 0.464 e. The summed E-state index contributed by atoms with van der Waals surface area (Å²) in [6.45, 7) is 2.05. The quantitative estimate of drug-likeness (QED) is 0.627. The second kappa shape index (κ2) is 6.96. The molecule has 3 aromatic rings. The molecule has 27 heavy (non-hydrogen) atoms. The lowest BCUT2D eigenvalue weighted by molar-refractivity contribution is 0.0671. The Morgan fingerprint density at radius 3 is 2.70 bits per heavy atom. The molecule has 1 atom stereocenters. The molecule has 0 radical (unpaired) electrons. The molecule has 142 valence electrons. The van der Waals surface area contributed by atoms with Crippen LogP contribution in [0.1, 0.15) is 27.6 Å². The first kappa shape index (κ1) is 18.5. The number of nitrogens with zero attached hydrogens (tertiary/aromatic N) is 1. The van der Waals surface area contributed by atoms with Gasteiger partial charge in [0.05, 0.1) is 23.1 Å². The van der Waals surface area contributed by atoms with Crippen LogP contribution < -0.4 is 0 Å². The molecule has 1 fully saturated rings. The standard InChI is InChI=1S/C19H18ClNO4S2/c1-12-6-7-14(25-12)10-21(13-8-9-27(23,24)11-13)19(22)18-17(20)15-4-2-3-5-16(15)26-18/h2-7,13H,8-11H2,1H3/t13-/m1/s1. The highest BCUT2D eigenvalue weighted by Crippen LogP contribution is 2.37. The summed E-state index contributed by atoms with van der Waals surface area (Å²) in [4.78, 5) is 15.4. The van der Waals surface area contributed by atoms with E-state index in [1.807, 2.05) is 43.3 Å². The maximum Gasteiger partial charge on any atom is 0.266 e. The van der Waals surface area contributed by atoms with Crippen molar-refractivity contribution in [2.75, 3.05) is 11.5 Å². The minimum Gasteiger partial charge on any atom is -0.464 e. The summed E-state index contributed by atoms with van der Waals surface area (Å²) in [7, 11) is -3.13. The van der Waals surface area contributed by atoms with Gasteiger partial charge in [0.25, 0.3) is 5.91 Å². The van der Waals surface area contributed by atoms with Gasteiger partial charge < -0.3 is 9.32 Å². The molecule has 3 heterocycles. The molecule has 1 amide bonds. The first-order chi connectivity index (χ1) is 12.8. The van der Waals surface area contributed by atoms with Crippen molar-refractivity contribution in [2.24, 2.45) is 0 Å². The Morgan fingerprint density at radius 1 is 1.30 bits per heavy atom. The zero-order valence-corrected chi connectivity index (χ0v) is 17.0. The van der Waals surface area contributed by atoms with E-state index in [-0.39, 0.29) is 30.0 Å². The summed E-state index contributed by atoms with van der Waals surface area (Å²) in [5.74, 6) is 1.19. The number of furan rings is 1. The van der Waals surface area contributed by atoms with E-state index in [4.69, 9.17) is 16.0 Å². The van der Waals surface area contributed by atoms with Gasteiger partial charge in [-0.3, -0.25) is 4.79 Å². The SMILES string of the molecule is Cc1ccc(CN(C(=O)c2sc3ccccc3c2Cl)[C@@H]2CCS(=O)(=O)C2)o1. The Balaban J connectivity index is 1.72. The predicted octanol–water partition coefficient (Wildman–Crippen LogP) is 4.29. The number of rotatable bonds is 4. The summed E-state index contributed by atoms with van der Waals surface area (Å²) >= 11 is 7.82. The predicted molar refractivity (Wildman–Crippen MR) is 107 cm³/mol. The van der Waals surface area contributed by atoms with Gasteiger partial charge in [0.2, 0.25) is 0 Å². The van der Waals surface area contributed by atoms with Gasteiger partial charge in [-0.15, -0.1) is 11.3 Å². The number of fused-ring (bicyclic) bond motifs is 1. The van der Waals surface area contributed by atoms with Gasteiger partial charge in [0.1, 0.15) is 16.4 Å². The van der Waals surface area contributed by atoms with Crippen LogP contribution in [0.4, 0.5) is 0 Å². The Kier molecular flexibility index (Phi) is 4.78. The van der Waals surface area contributed by atoms with E-state index in [1.165, 1.54) is 11.3 Å². The van der Waals surface area contributed by atoms with E-state index in [1.54, 1.807) is 4.90 Å². The van der Waals surface area contributed by atoms with Crippen LogP contribution in [0.5, 0.6) is 0 Å². The van der Waals surface area contributed by atoms with Gasteiger partial charge in [0, 0.05) is 16.1 Å². The van der Waals surface area contributed by atoms with E-state index >= 15 is 0 Å². The number of benzene rings is 1. The molecule has 1 aliphatic rings. The number of halogens is 1. The van der Waals surface area contributed by atoms with Crippen LogP contribution in [0.15, 0.2) is 40.8 Å². The maximum atomic E-state index is 13.4. The van der Waals surface area contributed by atoms with Crippen molar-refractivity contribution in [3.63, 3.8) is 0 Å². The fraction of sp³-hybridized carbons (Fsp3) is 0.316. The van der Waals surface area contributed by atoms with Crippen molar-refractivity contribution in [2.45, 2.75) is 25.9 Å². The molecule has 4 rings (SSSR count). The number of carbonyl (C=O) groups excluding carboxylic acids is 1. The topological polar surface area (TPSA) is 67.6 Å². The molecule has 0 N–H and O–H groups in total. The molecule has 1 saturated heterocycles. The minimum atomic E-state index is -3.13. The normalized spacial score (nSPS) is 18.8. The summed E-state index contributed by atoms with van der Waals surface area (Å²) in [6, 6.07) is 10.8. The Bertz CT molecular complexity index is 1120. The molecule has 0 bridgehead atoms. The third-order valence-corrected chi connectivity index (χ3v) is 8.18. The highest BCUT2D eigenvalue weighted by atomic mass is 35.5. The van der Waals surface area contributed by atoms with Crippen molar-refractivity contribution in [3.05, 3.63) is 57.8 Å². The number of hydrogen-bond donors (Lipinski definition) is 0. The number of hydrogen-bond acceptors (Lipinski definition) is 5. The van der Waals surface area contributed by atoms with Crippen LogP contribution in [0.3, 0.4) is 0 Å². The number of amides is 1. The third-order valence-electron chi connectivity index (χ3n) is 4.76. The Labute approximate surface area is 166 Å². The van der Waals surface area contributed by atoms with Gasteiger partial charge in [0.15, 0.2) is 9.84 Å². The molecule has 1 aromatic carbocycles. The van der Waals surface area contributed by atoms with Crippen molar-refractivity contribution in [1.82, 2.24) is 4.90 Å². The zero-order valence-electron chi connectivity index (χ0n) is 14.6. The van der Waals surface area contributed by atoms with Crippen LogP contribution >= 0.6 is 22.9 Å². The summed E-state index contributed by atoms with van der Waals surface area (Å²) in [5, 5.41) is 1.25. The van der Waals surface area contributed by atoms with Crippen molar-refractivity contribution in [1.29, 1.82) is 0 Å². The van der Waals surface area contributed by atoms with E-state index < -0.39 is 9.84 Å². The summed E-state index contributed by atoms with van der Waals surface area (Å²) in [6.07, 6.45) is 0.427. The molecule has 5 nitrogen and oxygen atoms in total. The van der Waals surface area contributed by atoms with Crippen LogP contribution in [0.2, 0.25) is 5.02 Å². The smallest absolute Gasteiger partial charge is 0.266 e. The van der Waals surface area contributed by atoms with Crippen molar-refractivity contribution < 1.29 is 17.6 Å².